The lowest BCUT2D eigenvalue weighted by Crippen LogP contribution is -2.34. The minimum atomic E-state index is -0.481. The molecular weight excluding hydrogens is 211 g/mol. The van der Waals surface area contributed by atoms with E-state index in [2.05, 4.69) is 5.32 Å². The molecule has 0 saturated heterocycles. The van der Waals surface area contributed by atoms with E-state index < -0.39 is 5.82 Å². The number of rotatable bonds is 2. The lowest BCUT2D eigenvalue weighted by Gasteiger charge is -2.14. The molecule has 0 aliphatic carbocycles. The Morgan fingerprint density at radius 1 is 1.44 bits per heavy atom. The van der Waals surface area contributed by atoms with Crippen molar-refractivity contribution in [1.82, 2.24) is 10.2 Å². The topological polar surface area (TPSA) is 84.4 Å². The molecule has 1 aromatic rings. The lowest BCUT2D eigenvalue weighted by atomic mass is 10.1. The Balaban J connectivity index is 2.82. The van der Waals surface area contributed by atoms with Crippen molar-refractivity contribution in [2.24, 2.45) is 0 Å². The van der Waals surface area contributed by atoms with Crippen molar-refractivity contribution in [3.63, 3.8) is 0 Å². The molecule has 0 aromatic heterocycles. The fourth-order valence-electron chi connectivity index (χ4n) is 1.16. The molecule has 0 saturated carbocycles. The molecule has 1 aromatic carbocycles. The number of benzene rings is 1. The number of halogens is 1. The van der Waals surface area contributed by atoms with Gasteiger partial charge in [-0.15, -0.1) is 0 Å². The van der Waals surface area contributed by atoms with Gasteiger partial charge >= 0.3 is 6.03 Å². The van der Waals surface area contributed by atoms with Crippen LogP contribution in [0.4, 0.5) is 20.6 Å². The predicted octanol–water partition coefficient (Wildman–Crippen LogP) is 0.761. The van der Waals surface area contributed by atoms with Crippen molar-refractivity contribution in [3.8, 4) is 0 Å². The third-order valence-electron chi connectivity index (χ3n) is 2.16. The standard InChI is InChI=1S/C10H15FN4O/c1-15(2)10(16)14-5-6-7(11)3-4-8(12)9(6)13/h3-4H,5,12-13H2,1-2H3,(H,14,16). The molecule has 2 amide bonds. The highest BCUT2D eigenvalue weighted by atomic mass is 19.1. The maximum absolute atomic E-state index is 13.4. The molecule has 16 heavy (non-hydrogen) atoms. The van der Waals surface area contributed by atoms with Gasteiger partial charge in [0.25, 0.3) is 0 Å². The SMILES string of the molecule is CN(C)C(=O)NCc1c(F)ccc(N)c1N. The zero-order chi connectivity index (χ0) is 12.3. The molecular formula is C10H15FN4O. The summed E-state index contributed by atoms with van der Waals surface area (Å²) in [4.78, 5) is 12.6. The van der Waals surface area contributed by atoms with E-state index in [1.807, 2.05) is 0 Å². The number of carbonyl (C=O) groups excluding carboxylic acids is 1. The zero-order valence-corrected chi connectivity index (χ0v) is 9.25. The molecule has 0 atom stereocenters. The molecule has 5 nitrogen and oxygen atoms in total. The van der Waals surface area contributed by atoms with E-state index in [1.165, 1.54) is 17.0 Å². The first-order valence-corrected chi connectivity index (χ1v) is 4.71. The van der Waals surface area contributed by atoms with Crippen LogP contribution in [0.25, 0.3) is 0 Å². The van der Waals surface area contributed by atoms with Gasteiger partial charge in [0, 0.05) is 26.2 Å². The fourth-order valence-corrected chi connectivity index (χ4v) is 1.16. The largest absolute Gasteiger partial charge is 0.397 e. The highest BCUT2D eigenvalue weighted by Crippen LogP contribution is 2.22. The van der Waals surface area contributed by atoms with E-state index in [1.54, 1.807) is 14.1 Å². The van der Waals surface area contributed by atoms with E-state index in [9.17, 15) is 9.18 Å². The molecule has 0 radical (unpaired) electrons. The van der Waals surface area contributed by atoms with Crippen LogP contribution < -0.4 is 16.8 Å². The van der Waals surface area contributed by atoms with E-state index in [0.29, 0.717) is 5.69 Å². The van der Waals surface area contributed by atoms with Gasteiger partial charge in [0.15, 0.2) is 0 Å². The lowest BCUT2D eigenvalue weighted by molar-refractivity contribution is 0.217. The van der Waals surface area contributed by atoms with Crippen LogP contribution in [0.3, 0.4) is 0 Å². The number of amides is 2. The summed E-state index contributed by atoms with van der Waals surface area (Å²) < 4.78 is 13.4. The van der Waals surface area contributed by atoms with E-state index in [4.69, 9.17) is 11.5 Å². The Kier molecular flexibility index (Phi) is 3.55. The minimum absolute atomic E-state index is 0.0136. The molecule has 88 valence electrons. The van der Waals surface area contributed by atoms with E-state index >= 15 is 0 Å². The summed E-state index contributed by atoms with van der Waals surface area (Å²) in [6, 6.07) is 2.30. The van der Waals surface area contributed by atoms with Crippen LogP contribution in [-0.2, 0) is 6.54 Å². The normalized spacial score (nSPS) is 9.94. The van der Waals surface area contributed by atoms with Gasteiger partial charge in [0.05, 0.1) is 11.4 Å². The molecule has 0 fully saturated rings. The molecule has 0 unspecified atom stereocenters. The maximum atomic E-state index is 13.4. The Hall–Kier alpha value is -1.98. The van der Waals surface area contributed by atoms with Crippen molar-refractivity contribution in [1.29, 1.82) is 0 Å². The van der Waals surface area contributed by atoms with Crippen molar-refractivity contribution in [2.75, 3.05) is 25.6 Å². The number of nitrogens with two attached hydrogens (primary N) is 2. The Bertz CT molecular complexity index is 406. The van der Waals surface area contributed by atoms with Crippen LogP contribution in [0, 0.1) is 5.82 Å². The first-order valence-electron chi connectivity index (χ1n) is 4.71. The van der Waals surface area contributed by atoms with Crippen molar-refractivity contribution in [2.45, 2.75) is 6.54 Å². The number of nitrogen functional groups attached to an aromatic ring is 2. The molecule has 0 bridgehead atoms. The summed E-state index contributed by atoms with van der Waals surface area (Å²) in [6.45, 7) is 0.0136. The molecule has 5 N–H and O–H groups in total. The first-order chi connectivity index (χ1) is 7.43. The Labute approximate surface area is 93.2 Å². The van der Waals surface area contributed by atoms with Crippen LogP contribution in [0.2, 0.25) is 0 Å². The highest BCUT2D eigenvalue weighted by molar-refractivity contribution is 5.74. The zero-order valence-electron chi connectivity index (χ0n) is 9.25. The van der Waals surface area contributed by atoms with Gasteiger partial charge in [-0.25, -0.2) is 9.18 Å². The molecule has 0 aliphatic rings. The van der Waals surface area contributed by atoms with Gasteiger partial charge < -0.3 is 21.7 Å². The Morgan fingerprint density at radius 3 is 2.62 bits per heavy atom. The smallest absolute Gasteiger partial charge is 0.317 e. The summed E-state index contributed by atoms with van der Waals surface area (Å²) in [5, 5.41) is 2.52. The summed E-state index contributed by atoms with van der Waals surface area (Å²) in [6.07, 6.45) is 0. The monoisotopic (exact) mass is 226 g/mol. The molecule has 6 heteroatoms. The minimum Gasteiger partial charge on any atom is -0.397 e. The van der Waals surface area contributed by atoms with Gasteiger partial charge in [-0.2, -0.15) is 0 Å². The average Bonchev–Trinajstić information content (AvgIpc) is 2.23. The van der Waals surface area contributed by atoms with Crippen LogP contribution in [0.1, 0.15) is 5.56 Å². The third kappa shape index (κ3) is 2.53. The second kappa shape index (κ2) is 4.69. The molecule has 1 rings (SSSR count). The summed E-state index contributed by atoms with van der Waals surface area (Å²) in [5.74, 6) is -0.481. The molecule has 0 aliphatic heterocycles. The number of nitrogens with one attached hydrogen (secondary N) is 1. The van der Waals surface area contributed by atoms with Gasteiger partial charge in [0.2, 0.25) is 0 Å². The van der Waals surface area contributed by atoms with Crippen molar-refractivity contribution in [3.05, 3.63) is 23.5 Å². The fraction of sp³-hybridized carbons (Fsp3) is 0.300. The summed E-state index contributed by atoms with van der Waals surface area (Å²) in [7, 11) is 3.18. The summed E-state index contributed by atoms with van der Waals surface area (Å²) >= 11 is 0. The number of hydrogen-bond donors (Lipinski definition) is 3. The van der Waals surface area contributed by atoms with Gasteiger partial charge in [-0.05, 0) is 12.1 Å². The van der Waals surface area contributed by atoms with Crippen LogP contribution >= 0.6 is 0 Å². The number of urea groups is 1. The third-order valence-corrected chi connectivity index (χ3v) is 2.16. The van der Waals surface area contributed by atoms with Gasteiger partial charge in [-0.3, -0.25) is 0 Å². The van der Waals surface area contributed by atoms with Crippen molar-refractivity contribution < 1.29 is 9.18 Å². The maximum Gasteiger partial charge on any atom is 0.317 e. The Morgan fingerprint density at radius 2 is 2.06 bits per heavy atom. The number of nitrogens with zero attached hydrogens (tertiary/aromatic N) is 1. The predicted molar refractivity (Wildman–Crippen MR) is 61.1 cm³/mol. The van der Waals surface area contributed by atoms with Crippen LogP contribution in [-0.4, -0.2) is 25.0 Å². The molecule has 0 spiro atoms. The second-order valence-electron chi connectivity index (χ2n) is 3.58. The quantitative estimate of drug-likeness (QED) is 0.651. The average molecular weight is 226 g/mol. The first kappa shape index (κ1) is 12.1. The van der Waals surface area contributed by atoms with Gasteiger partial charge in [-0.1, -0.05) is 0 Å². The number of anilines is 2. The van der Waals surface area contributed by atoms with Crippen molar-refractivity contribution >= 4 is 17.4 Å². The van der Waals surface area contributed by atoms with Crippen LogP contribution in [0.15, 0.2) is 12.1 Å². The van der Waals surface area contributed by atoms with E-state index in [-0.39, 0.29) is 23.8 Å². The molecule has 0 heterocycles. The second-order valence-corrected chi connectivity index (χ2v) is 3.58. The summed E-state index contributed by atoms with van der Waals surface area (Å²) in [5.41, 5.74) is 11.8. The van der Waals surface area contributed by atoms with Crippen LogP contribution in [0.5, 0.6) is 0 Å². The number of hydrogen-bond acceptors (Lipinski definition) is 3. The van der Waals surface area contributed by atoms with E-state index in [0.717, 1.165) is 0 Å². The van der Waals surface area contributed by atoms with Gasteiger partial charge in [0.1, 0.15) is 5.82 Å². The number of carbonyl (C=O) groups is 1. The highest BCUT2D eigenvalue weighted by Gasteiger charge is 2.11.